The van der Waals surface area contributed by atoms with Gasteiger partial charge in [-0.2, -0.15) is 0 Å². The number of carbonyl (C=O) groups excluding carboxylic acids is 1. The van der Waals surface area contributed by atoms with Crippen LogP contribution in [0.2, 0.25) is 0 Å². The molecule has 0 radical (unpaired) electrons. The normalized spacial score (nSPS) is 10.6. The maximum atomic E-state index is 11.9. The second-order valence-electron chi connectivity index (χ2n) is 4.35. The summed E-state index contributed by atoms with van der Waals surface area (Å²) in [6, 6.07) is 5.81. The Hall–Kier alpha value is -0.620. The lowest BCUT2D eigenvalue weighted by Gasteiger charge is -2.11. The molecule has 1 aromatic rings. The molecule has 0 unspecified atom stereocenters. The van der Waals surface area contributed by atoms with Gasteiger partial charge in [-0.1, -0.05) is 12.1 Å². The molecule has 0 bridgehead atoms. The molecular weight excluding hydrogens is 327 g/mol. The average Bonchev–Trinajstić information content (AvgIpc) is 2.27. The third-order valence-corrected chi connectivity index (χ3v) is 3.94. The van der Waals surface area contributed by atoms with E-state index in [2.05, 4.69) is 32.8 Å². The fourth-order valence-electron chi connectivity index (χ4n) is 1.52. The zero-order valence-corrected chi connectivity index (χ0v) is 12.7. The summed E-state index contributed by atoms with van der Waals surface area (Å²) < 4.78 is 1.04. The third-order valence-electron chi connectivity index (χ3n) is 2.50. The average molecular weight is 346 g/mol. The summed E-state index contributed by atoms with van der Waals surface area (Å²) in [4.78, 5) is 14.0. The molecule has 1 rings (SSSR count). The van der Waals surface area contributed by atoms with E-state index in [9.17, 15) is 4.79 Å². The topological polar surface area (TPSA) is 32.3 Å². The Labute approximate surface area is 117 Å². The van der Waals surface area contributed by atoms with E-state index >= 15 is 0 Å². The number of aryl methyl sites for hydroxylation is 1. The lowest BCUT2D eigenvalue weighted by molar-refractivity contribution is 0.0951. The van der Waals surface area contributed by atoms with Gasteiger partial charge in [-0.05, 0) is 68.2 Å². The van der Waals surface area contributed by atoms with Gasteiger partial charge in [0.15, 0.2) is 0 Å². The van der Waals surface area contributed by atoms with Crippen molar-refractivity contribution in [3.05, 3.63) is 32.9 Å². The van der Waals surface area contributed by atoms with Crippen molar-refractivity contribution in [3.63, 3.8) is 0 Å². The summed E-state index contributed by atoms with van der Waals surface area (Å²) in [6.45, 7) is 3.73. The first-order valence-corrected chi connectivity index (χ1v) is 6.78. The fourth-order valence-corrected chi connectivity index (χ4v) is 2.12. The summed E-state index contributed by atoms with van der Waals surface area (Å²) in [5, 5.41) is 2.95. The minimum absolute atomic E-state index is 0.0249. The van der Waals surface area contributed by atoms with Gasteiger partial charge in [-0.15, -0.1) is 0 Å². The van der Waals surface area contributed by atoms with Crippen LogP contribution in [-0.4, -0.2) is 38.0 Å². The van der Waals surface area contributed by atoms with Crippen molar-refractivity contribution in [2.24, 2.45) is 0 Å². The number of rotatable bonds is 5. The molecule has 0 aromatic heterocycles. The van der Waals surface area contributed by atoms with Crippen molar-refractivity contribution in [1.82, 2.24) is 10.2 Å². The quantitative estimate of drug-likeness (QED) is 0.655. The SMILES string of the molecule is Cc1cccc(C(=O)NCCCN(C)C)c1I. The summed E-state index contributed by atoms with van der Waals surface area (Å²) >= 11 is 2.22. The van der Waals surface area contributed by atoms with Gasteiger partial charge in [0, 0.05) is 10.1 Å². The summed E-state index contributed by atoms with van der Waals surface area (Å²) in [7, 11) is 4.07. The van der Waals surface area contributed by atoms with Gasteiger partial charge in [0.2, 0.25) is 0 Å². The lowest BCUT2D eigenvalue weighted by Crippen LogP contribution is -2.27. The van der Waals surface area contributed by atoms with Crippen LogP contribution in [0.3, 0.4) is 0 Å². The number of hydrogen-bond acceptors (Lipinski definition) is 2. The van der Waals surface area contributed by atoms with Crippen LogP contribution in [0, 0.1) is 10.5 Å². The van der Waals surface area contributed by atoms with Crippen LogP contribution in [0.15, 0.2) is 18.2 Å². The summed E-state index contributed by atoms with van der Waals surface area (Å²) in [6.07, 6.45) is 0.973. The van der Waals surface area contributed by atoms with Gasteiger partial charge in [0.1, 0.15) is 0 Å². The van der Waals surface area contributed by atoms with E-state index in [0.717, 1.165) is 34.2 Å². The Morgan fingerprint density at radius 2 is 2.12 bits per heavy atom. The van der Waals surface area contributed by atoms with E-state index in [4.69, 9.17) is 0 Å². The monoisotopic (exact) mass is 346 g/mol. The van der Waals surface area contributed by atoms with Gasteiger partial charge in [0.05, 0.1) is 5.56 Å². The second-order valence-corrected chi connectivity index (χ2v) is 5.43. The first kappa shape index (κ1) is 14.4. The van der Waals surface area contributed by atoms with Crippen molar-refractivity contribution >= 4 is 28.5 Å². The van der Waals surface area contributed by atoms with Gasteiger partial charge in [-0.25, -0.2) is 0 Å². The molecule has 0 aliphatic rings. The highest BCUT2D eigenvalue weighted by molar-refractivity contribution is 14.1. The predicted molar refractivity (Wildman–Crippen MR) is 79.4 cm³/mol. The molecule has 0 heterocycles. The minimum atomic E-state index is 0.0249. The zero-order chi connectivity index (χ0) is 12.8. The molecular formula is C13H19IN2O. The van der Waals surface area contributed by atoms with E-state index in [0.29, 0.717) is 0 Å². The van der Waals surface area contributed by atoms with Crippen LogP contribution in [0.1, 0.15) is 22.3 Å². The van der Waals surface area contributed by atoms with Crippen molar-refractivity contribution in [1.29, 1.82) is 0 Å². The number of benzene rings is 1. The number of nitrogens with zero attached hydrogens (tertiary/aromatic N) is 1. The fraction of sp³-hybridized carbons (Fsp3) is 0.462. The maximum absolute atomic E-state index is 11.9. The van der Waals surface area contributed by atoms with E-state index in [1.165, 1.54) is 0 Å². The number of halogens is 1. The molecule has 94 valence electrons. The molecule has 0 aliphatic heterocycles. The van der Waals surface area contributed by atoms with Gasteiger partial charge in [0.25, 0.3) is 5.91 Å². The second kappa shape index (κ2) is 6.96. The highest BCUT2D eigenvalue weighted by Crippen LogP contribution is 2.16. The van der Waals surface area contributed by atoms with Crippen molar-refractivity contribution in [2.45, 2.75) is 13.3 Å². The molecule has 1 N–H and O–H groups in total. The zero-order valence-electron chi connectivity index (χ0n) is 10.6. The molecule has 0 saturated carbocycles. The van der Waals surface area contributed by atoms with Crippen LogP contribution in [0.4, 0.5) is 0 Å². The lowest BCUT2D eigenvalue weighted by atomic mass is 10.1. The Morgan fingerprint density at radius 1 is 1.41 bits per heavy atom. The van der Waals surface area contributed by atoms with Crippen LogP contribution in [0.5, 0.6) is 0 Å². The van der Waals surface area contributed by atoms with Crippen LogP contribution < -0.4 is 5.32 Å². The largest absolute Gasteiger partial charge is 0.352 e. The third kappa shape index (κ3) is 4.63. The Kier molecular flexibility index (Phi) is 5.91. The molecule has 0 fully saturated rings. The van der Waals surface area contributed by atoms with Crippen LogP contribution >= 0.6 is 22.6 Å². The number of amides is 1. The molecule has 0 atom stereocenters. The van der Waals surface area contributed by atoms with Gasteiger partial charge >= 0.3 is 0 Å². The van der Waals surface area contributed by atoms with Crippen molar-refractivity contribution in [3.8, 4) is 0 Å². The Balaban J connectivity index is 2.50. The van der Waals surface area contributed by atoms with Crippen molar-refractivity contribution < 1.29 is 4.79 Å². The van der Waals surface area contributed by atoms with Crippen LogP contribution in [-0.2, 0) is 0 Å². The van der Waals surface area contributed by atoms with Crippen LogP contribution in [0.25, 0.3) is 0 Å². The molecule has 1 amide bonds. The highest BCUT2D eigenvalue weighted by Gasteiger charge is 2.10. The standard InChI is InChI=1S/C13H19IN2O/c1-10-6-4-7-11(12(10)14)13(17)15-8-5-9-16(2)3/h4,6-7H,5,8-9H2,1-3H3,(H,15,17). The molecule has 3 nitrogen and oxygen atoms in total. The highest BCUT2D eigenvalue weighted by atomic mass is 127. The first-order valence-electron chi connectivity index (χ1n) is 5.70. The first-order chi connectivity index (χ1) is 8.02. The number of nitrogens with one attached hydrogen (secondary N) is 1. The predicted octanol–water partition coefficient (Wildman–Crippen LogP) is 2.28. The number of carbonyl (C=O) groups is 1. The van der Waals surface area contributed by atoms with E-state index in [1.807, 2.05) is 39.2 Å². The molecule has 0 spiro atoms. The molecule has 17 heavy (non-hydrogen) atoms. The minimum Gasteiger partial charge on any atom is -0.352 e. The molecule has 4 heteroatoms. The Bertz CT molecular complexity index is 391. The van der Waals surface area contributed by atoms with E-state index in [-0.39, 0.29) is 5.91 Å². The maximum Gasteiger partial charge on any atom is 0.252 e. The summed E-state index contributed by atoms with van der Waals surface area (Å²) in [5.74, 6) is 0.0249. The van der Waals surface area contributed by atoms with Gasteiger partial charge in [-0.3, -0.25) is 4.79 Å². The van der Waals surface area contributed by atoms with Crippen molar-refractivity contribution in [2.75, 3.05) is 27.2 Å². The smallest absolute Gasteiger partial charge is 0.252 e. The van der Waals surface area contributed by atoms with E-state index < -0.39 is 0 Å². The molecule has 0 saturated heterocycles. The van der Waals surface area contributed by atoms with E-state index in [1.54, 1.807) is 0 Å². The Morgan fingerprint density at radius 3 is 2.76 bits per heavy atom. The molecule has 0 aliphatic carbocycles. The van der Waals surface area contributed by atoms with Gasteiger partial charge < -0.3 is 10.2 Å². The summed E-state index contributed by atoms with van der Waals surface area (Å²) in [5.41, 5.74) is 1.92. The molecule has 1 aromatic carbocycles. The number of hydrogen-bond donors (Lipinski definition) is 1.